The van der Waals surface area contributed by atoms with E-state index >= 15 is 0 Å². The van der Waals surface area contributed by atoms with Gasteiger partial charge in [-0.15, -0.1) is 0 Å². The zero-order chi connectivity index (χ0) is 15.2. The minimum atomic E-state index is -0.477. The molecule has 0 aliphatic heterocycles. The molecule has 0 atom stereocenters. The van der Waals surface area contributed by atoms with E-state index < -0.39 is 5.75 Å². The van der Waals surface area contributed by atoms with E-state index in [4.69, 9.17) is 0 Å². The second-order valence-corrected chi connectivity index (χ2v) is 5.39. The highest BCUT2D eigenvalue weighted by Gasteiger charge is 2.23. The maximum atomic E-state index is 11.2. The van der Waals surface area contributed by atoms with Crippen LogP contribution in [0, 0.1) is 13.8 Å². The molecule has 0 fully saturated rings. The highest BCUT2D eigenvalue weighted by Crippen LogP contribution is 2.46. The van der Waals surface area contributed by atoms with E-state index in [1.54, 1.807) is 6.92 Å². The Labute approximate surface area is 117 Å². The van der Waals surface area contributed by atoms with Crippen LogP contribution in [-0.2, 0) is 0 Å². The van der Waals surface area contributed by atoms with Crippen LogP contribution < -0.4 is 0 Å². The van der Waals surface area contributed by atoms with E-state index in [0.717, 1.165) is 5.56 Å². The summed E-state index contributed by atoms with van der Waals surface area (Å²) in [5.41, 5.74) is 1.96. The maximum Gasteiger partial charge on any atom is 0.169 e. The summed E-state index contributed by atoms with van der Waals surface area (Å²) < 4.78 is 0. The van der Waals surface area contributed by atoms with Crippen molar-refractivity contribution in [3.8, 4) is 17.2 Å². The summed E-state index contributed by atoms with van der Waals surface area (Å²) in [4.78, 5) is 11.2. The van der Waals surface area contributed by atoms with Gasteiger partial charge in [-0.05, 0) is 36.3 Å². The van der Waals surface area contributed by atoms with Gasteiger partial charge >= 0.3 is 0 Å². The Morgan fingerprint density at radius 1 is 1.05 bits per heavy atom. The Morgan fingerprint density at radius 2 is 1.65 bits per heavy atom. The molecule has 2 aromatic carbocycles. The molecular weight excluding hydrogens is 256 g/mol. The van der Waals surface area contributed by atoms with Gasteiger partial charge in [-0.2, -0.15) is 0 Å². The monoisotopic (exact) mass is 274 g/mol. The van der Waals surface area contributed by atoms with E-state index in [-0.39, 0.29) is 23.0 Å². The van der Waals surface area contributed by atoms with Crippen LogP contribution in [0.3, 0.4) is 0 Å². The molecule has 0 heterocycles. The van der Waals surface area contributed by atoms with E-state index in [1.807, 2.05) is 26.8 Å². The van der Waals surface area contributed by atoms with Crippen molar-refractivity contribution in [1.82, 2.24) is 0 Å². The van der Waals surface area contributed by atoms with Crippen LogP contribution in [-0.4, -0.2) is 21.6 Å². The summed E-state index contributed by atoms with van der Waals surface area (Å²) in [5.74, 6) is -0.864. The Morgan fingerprint density at radius 3 is 2.15 bits per heavy atom. The third-order valence-corrected chi connectivity index (χ3v) is 3.80. The molecule has 3 N–H and O–H groups in total. The van der Waals surface area contributed by atoms with Gasteiger partial charge in [-0.25, -0.2) is 0 Å². The molecule has 0 spiro atoms. The number of aldehydes is 1. The van der Waals surface area contributed by atoms with Crippen molar-refractivity contribution < 1.29 is 20.1 Å². The Hall–Kier alpha value is -2.23. The number of phenols is 3. The largest absolute Gasteiger partial charge is 0.507 e. The van der Waals surface area contributed by atoms with Crippen molar-refractivity contribution in [2.45, 2.75) is 33.6 Å². The molecule has 106 valence electrons. The first kappa shape index (κ1) is 14.2. The standard InChI is InChI=1S/C16H18O4/c1-7(2)12-10-5-8(3)9(4)14(18)13(10)11(6-17)15(19)16(12)20/h5-7,18-20H,1-4H3. The summed E-state index contributed by atoms with van der Waals surface area (Å²) in [5, 5.41) is 31.4. The molecule has 20 heavy (non-hydrogen) atoms. The zero-order valence-electron chi connectivity index (χ0n) is 12.0. The molecule has 4 heteroatoms. The molecule has 0 saturated carbocycles. The summed E-state index contributed by atoms with van der Waals surface area (Å²) in [7, 11) is 0. The number of carbonyl (C=O) groups excluding carboxylic acids is 1. The van der Waals surface area contributed by atoms with Crippen molar-refractivity contribution in [2.75, 3.05) is 0 Å². The van der Waals surface area contributed by atoms with Crippen LogP contribution in [0.1, 0.15) is 46.8 Å². The van der Waals surface area contributed by atoms with Crippen molar-refractivity contribution >= 4 is 17.1 Å². The summed E-state index contributed by atoms with van der Waals surface area (Å²) in [6.07, 6.45) is 0.454. The maximum absolute atomic E-state index is 11.2. The van der Waals surface area contributed by atoms with Gasteiger partial charge in [0.2, 0.25) is 0 Å². The first-order valence-electron chi connectivity index (χ1n) is 6.47. The predicted molar refractivity (Wildman–Crippen MR) is 77.9 cm³/mol. The second-order valence-electron chi connectivity index (χ2n) is 5.39. The smallest absolute Gasteiger partial charge is 0.169 e. The molecule has 0 aliphatic carbocycles. The van der Waals surface area contributed by atoms with Gasteiger partial charge in [0, 0.05) is 10.9 Å². The molecule has 0 aliphatic rings. The molecule has 2 aromatic rings. The molecule has 0 unspecified atom stereocenters. The molecule has 0 amide bonds. The topological polar surface area (TPSA) is 77.8 Å². The normalized spacial score (nSPS) is 11.2. The third kappa shape index (κ3) is 1.80. The van der Waals surface area contributed by atoms with Crippen LogP contribution in [0.15, 0.2) is 6.07 Å². The van der Waals surface area contributed by atoms with Gasteiger partial charge in [0.25, 0.3) is 0 Å². The highest BCUT2D eigenvalue weighted by molar-refractivity contribution is 6.08. The number of carbonyl (C=O) groups is 1. The van der Waals surface area contributed by atoms with Crippen molar-refractivity contribution in [3.63, 3.8) is 0 Å². The van der Waals surface area contributed by atoms with Crippen LogP contribution in [0.2, 0.25) is 0 Å². The van der Waals surface area contributed by atoms with E-state index in [1.165, 1.54) is 0 Å². The second kappa shape index (κ2) is 4.71. The minimum Gasteiger partial charge on any atom is -0.507 e. The van der Waals surface area contributed by atoms with E-state index in [2.05, 4.69) is 0 Å². The Balaban J connectivity index is 3.17. The molecule has 0 bridgehead atoms. The number of rotatable bonds is 2. The third-order valence-electron chi connectivity index (χ3n) is 3.80. The molecule has 0 aromatic heterocycles. The fraction of sp³-hybridized carbons (Fsp3) is 0.312. The van der Waals surface area contributed by atoms with Gasteiger partial charge < -0.3 is 15.3 Å². The van der Waals surface area contributed by atoms with Crippen LogP contribution in [0.25, 0.3) is 10.8 Å². The van der Waals surface area contributed by atoms with Crippen LogP contribution in [0.5, 0.6) is 17.2 Å². The summed E-state index contributed by atoms with van der Waals surface area (Å²) in [6.45, 7) is 7.35. The highest BCUT2D eigenvalue weighted by atomic mass is 16.3. The molecule has 2 rings (SSSR count). The van der Waals surface area contributed by atoms with Gasteiger partial charge in [0.05, 0.1) is 5.56 Å². The Kier molecular flexibility index (Phi) is 3.34. The predicted octanol–water partition coefficient (Wildman–Crippen LogP) is 3.51. The zero-order valence-corrected chi connectivity index (χ0v) is 12.0. The van der Waals surface area contributed by atoms with Crippen LogP contribution in [0.4, 0.5) is 0 Å². The lowest BCUT2D eigenvalue weighted by Gasteiger charge is -2.18. The molecular formula is C16H18O4. The first-order chi connectivity index (χ1) is 9.31. The van der Waals surface area contributed by atoms with E-state index in [9.17, 15) is 20.1 Å². The average Bonchev–Trinajstić information content (AvgIpc) is 2.38. The lowest BCUT2D eigenvalue weighted by molar-refractivity contribution is 0.112. The number of fused-ring (bicyclic) bond motifs is 1. The van der Waals surface area contributed by atoms with Crippen molar-refractivity contribution in [3.05, 3.63) is 28.3 Å². The van der Waals surface area contributed by atoms with Crippen molar-refractivity contribution in [2.24, 2.45) is 0 Å². The quantitative estimate of drug-likeness (QED) is 0.578. The Bertz CT molecular complexity index is 715. The number of phenolic OH excluding ortho intramolecular Hbond substituents is 3. The lowest BCUT2D eigenvalue weighted by atomic mass is 9.88. The number of hydrogen-bond acceptors (Lipinski definition) is 4. The molecule has 4 nitrogen and oxygen atoms in total. The lowest BCUT2D eigenvalue weighted by Crippen LogP contribution is -1.98. The fourth-order valence-electron chi connectivity index (χ4n) is 2.58. The number of aryl methyl sites for hydroxylation is 1. The number of hydrogen-bond donors (Lipinski definition) is 3. The fourth-order valence-corrected chi connectivity index (χ4v) is 2.58. The first-order valence-corrected chi connectivity index (χ1v) is 6.47. The average molecular weight is 274 g/mol. The van der Waals surface area contributed by atoms with Gasteiger partial charge in [-0.1, -0.05) is 19.9 Å². The minimum absolute atomic E-state index is 0.0284. The van der Waals surface area contributed by atoms with Gasteiger partial charge in [-0.3, -0.25) is 4.79 Å². The summed E-state index contributed by atoms with van der Waals surface area (Å²) in [6, 6.07) is 1.83. The molecule has 0 radical (unpaired) electrons. The van der Waals surface area contributed by atoms with E-state index in [0.29, 0.717) is 28.2 Å². The van der Waals surface area contributed by atoms with Crippen LogP contribution >= 0.6 is 0 Å². The number of benzene rings is 2. The molecule has 0 saturated heterocycles. The summed E-state index contributed by atoms with van der Waals surface area (Å²) >= 11 is 0. The SMILES string of the molecule is Cc1cc2c(C(C)C)c(O)c(O)c(C=O)c2c(O)c1C. The number of aromatic hydroxyl groups is 3. The van der Waals surface area contributed by atoms with Crippen molar-refractivity contribution in [1.29, 1.82) is 0 Å². The van der Waals surface area contributed by atoms with Gasteiger partial charge in [0.1, 0.15) is 5.75 Å². The van der Waals surface area contributed by atoms with Gasteiger partial charge in [0.15, 0.2) is 17.8 Å².